The van der Waals surface area contributed by atoms with Gasteiger partial charge < -0.3 is 0 Å². The SMILES string of the molecule is CC1=NC2(CCN(S(C)(=O)=O)CC2)N=C1c1cccc(C(F)(F)F)c1. The Kier molecular flexibility index (Phi) is 4.27. The van der Waals surface area contributed by atoms with Gasteiger partial charge in [-0.1, -0.05) is 12.1 Å². The second kappa shape index (κ2) is 5.91. The maximum absolute atomic E-state index is 12.9. The molecule has 2 aliphatic rings. The Morgan fingerprint density at radius 1 is 1.16 bits per heavy atom. The van der Waals surface area contributed by atoms with Gasteiger partial charge in [0, 0.05) is 31.5 Å². The first kappa shape index (κ1) is 18.1. The molecule has 1 spiro atoms. The van der Waals surface area contributed by atoms with Crippen LogP contribution < -0.4 is 0 Å². The van der Waals surface area contributed by atoms with Gasteiger partial charge in [-0.05, 0) is 19.1 Å². The first-order valence-electron chi connectivity index (χ1n) is 7.80. The molecule has 0 aromatic heterocycles. The summed E-state index contributed by atoms with van der Waals surface area (Å²) in [7, 11) is -3.26. The number of hydrogen-bond donors (Lipinski definition) is 0. The Hall–Kier alpha value is -1.74. The standard InChI is InChI=1S/C16H18F3N3O2S/c1-11-14(12-4-3-5-13(10-12)16(17,18)19)21-15(20-11)6-8-22(9-7-15)25(2,23)24/h3-5,10H,6-9H2,1-2H3. The molecule has 5 nitrogen and oxygen atoms in total. The molecule has 2 heterocycles. The molecule has 0 aliphatic carbocycles. The monoisotopic (exact) mass is 373 g/mol. The fourth-order valence-corrected chi connectivity index (χ4v) is 4.04. The van der Waals surface area contributed by atoms with Gasteiger partial charge in [0.2, 0.25) is 10.0 Å². The van der Waals surface area contributed by atoms with Crippen molar-refractivity contribution in [1.82, 2.24) is 4.31 Å². The number of sulfonamides is 1. The van der Waals surface area contributed by atoms with Crippen LogP contribution in [0.15, 0.2) is 34.3 Å². The third kappa shape index (κ3) is 3.62. The van der Waals surface area contributed by atoms with E-state index in [0.29, 0.717) is 42.9 Å². The third-order valence-corrected chi connectivity index (χ3v) is 5.80. The molecular weight excluding hydrogens is 355 g/mol. The van der Waals surface area contributed by atoms with E-state index in [-0.39, 0.29) is 0 Å². The van der Waals surface area contributed by atoms with Gasteiger partial charge in [0.05, 0.1) is 23.2 Å². The lowest BCUT2D eigenvalue weighted by molar-refractivity contribution is -0.137. The highest BCUT2D eigenvalue weighted by atomic mass is 32.2. The maximum Gasteiger partial charge on any atom is 0.416 e. The van der Waals surface area contributed by atoms with Crippen molar-refractivity contribution in [2.45, 2.75) is 31.6 Å². The van der Waals surface area contributed by atoms with Crippen molar-refractivity contribution >= 4 is 21.4 Å². The van der Waals surface area contributed by atoms with Crippen LogP contribution in [0, 0.1) is 0 Å². The topological polar surface area (TPSA) is 62.1 Å². The number of benzene rings is 1. The average Bonchev–Trinajstić information content (AvgIpc) is 2.82. The summed E-state index contributed by atoms with van der Waals surface area (Å²) in [5, 5.41) is 0. The summed E-state index contributed by atoms with van der Waals surface area (Å²) in [4.78, 5) is 9.15. The zero-order valence-electron chi connectivity index (χ0n) is 13.8. The lowest BCUT2D eigenvalue weighted by atomic mass is 10.00. The van der Waals surface area contributed by atoms with Gasteiger partial charge in [0.25, 0.3) is 0 Å². The van der Waals surface area contributed by atoms with Crippen LogP contribution in [0.25, 0.3) is 0 Å². The van der Waals surface area contributed by atoms with Gasteiger partial charge in [-0.2, -0.15) is 13.2 Å². The zero-order valence-corrected chi connectivity index (χ0v) is 14.7. The Morgan fingerprint density at radius 2 is 1.80 bits per heavy atom. The van der Waals surface area contributed by atoms with Gasteiger partial charge in [0.15, 0.2) is 5.66 Å². The number of hydrogen-bond acceptors (Lipinski definition) is 4. The van der Waals surface area contributed by atoms with Crippen molar-refractivity contribution in [2.24, 2.45) is 9.98 Å². The van der Waals surface area contributed by atoms with Crippen LogP contribution in [0.4, 0.5) is 13.2 Å². The molecule has 0 radical (unpaired) electrons. The van der Waals surface area contributed by atoms with Crippen LogP contribution in [0.5, 0.6) is 0 Å². The minimum atomic E-state index is -4.42. The number of aliphatic imine (C=N–C) groups is 2. The van der Waals surface area contributed by atoms with E-state index >= 15 is 0 Å². The van der Waals surface area contributed by atoms with Crippen molar-refractivity contribution in [3.63, 3.8) is 0 Å². The van der Waals surface area contributed by atoms with Gasteiger partial charge >= 0.3 is 6.18 Å². The Balaban J connectivity index is 1.89. The Bertz CT molecular complexity index is 852. The van der Waals surface area contributed by atoms with E-state index in [4.69, 9.17) is 0 Å². The predicted molar refractivity (Wildman–Crippen MR) is 89.5 cm³/mol. The maximum atomic E-state index is 12.9. The average molecular weight is 373 g/mol. The number of alkyl halides is 3. The van der Waals surface area contributed by atoms with Crippen LogP contribution in [0.1, 0.15) is 30.9 Å². The summed E-state index contributed by atoms with van der Waals surface area (Å²) in [6.07, 6.45) is -2.43. The number of piperidine rings is 1. The van der Waals surface area contributed by atoms with E-state index < -0.39 is 27.4 Å². The normalized spacial score (nSPS) is 21.3. The van der Waals surface area contributed by atoms with E-state index in [9.17, 15) is 21.6 Å². The van der Waals surface area contributed by atoms with E-state index in [0.717, 1.165) is 18.4 Å². The molecule has 1 aromatic rings. The van der Waals surface area contributed by atoms with E-state index in [2.05, 4.69) is 9.98 Å². The van der Waals surface area contributed by atoms with Crippen LogP contribution >= 0.6 is 0 Å². The minimum Gasteiger partial charge on any atom is -0.258 e. The van der Waals surface area contributed by atoms with Crippen molar-refractivity contribution < 1.29 is 21.6 Å². The van der Waals surface area contributed by atoms with Gasteiger partial charge in [-0.25, -0.2) is 12.7 Å². The van der Waals surface area contributed by atoms with Crippen LogP contribution in [0.2, 0.25) is 0 Å². The smallest absolute Gasteiger partial charge is 0.258 e. The molecule has 0 bridgehead atoms. The summed E-state index contributed by atoms with van der Waals surface area (Å²) in [5.41, 5.74) is -0.104. The number of nitrogens with zero attached hydrogens (tertiary/aromatic N) is 3. The fourth-order valence-electron chi connectivity index (χ4n) is 3.19. The first-order chi connectivity index (χ1) is 11.5. The molecule has 0 atom stereocenters. The largest absolute Gasteiger partial charge is 0.416 e. The lowest BCUT2D eigenvalue weighted by Gasteiger charge is -2.33. The molecule has 2 aliphatic heterocycles. The Labute approximate surface area is 144 Å². The van der Waals surface area contributed by atoms with Crippen molar-refractivity contribution in [2.75, 3.05) is 19.3 Å². The second-order valence-electron chi connectivity index (χ2n) is 6.38. The molecule has 0 saturated carbocycles. The summed E-state index contributed by atoms with van der Waals surface area (Å²) in [6.45, 7) is 2.32. The van der Waals surface area contributed by atoms with Crippen molar-refractivity contribution in [3.8, 4) is 0 Å². The van der Waals surface area contributed by atoms with Crippen molar-refractivity contribution in [3.05, 3.63) is 35.4 Å². The zero-order chi connectivity index (χ0) is 18.5. The predicted octanol–water partition coefficient (Wildman–Crippen LogP) is 2.72. The number of rotatable bonds is 2. The highest BCUT2D eigenvalue weighted by Crippen LogP contribution is 2.35. The third-order valence-electron chi connectivity index (χ3n) is 4.49. The minimum absolute atomic E-state index is 0.301. The van der Waals surface area contributed by atoms with Crippen LogP contribution in [0.3, 0.4) is 0 Å². The summed E-state index contributed by atoms with van der Waals surface area (Å²) >= 11 is 0. The molecule has 1 fully saturated rings. The van der Waals surface area contributed by atoms with Gasteiger partial charge in [-0.15, -0.1) is 0 Å². The summed E-state index contributed by atoms with van der Waals surface area (Å²) < 4.78 is 63.4. The highest BCUT2D eigenvalue weighted by molar-refractivity contribution is 7.88. The molecule has 0 N–H and O–H groups in total. The van der Waals surface area contributed by atoms with E-state index in [1.807, 2.05) is 0 Å². The molecule has 9 heteroatoms. The van der Waals surface area contributed by atoms with Crippen molar-refractivity contribution in [1.29, 1.82) is 0 Å². The second-order valence-corrected chi connectivity index (χ2v) is 8.36. The molecule has 136 valence electrons. The lowest BCUT2D eigenvalue weighted by Crippen LogP contribution is -2.44. The fraction of sp³-hybridized carbons (Fsp3) is 0.500. The van der Waals surface area contributed by atoms with Gasteiger partial charge in [-0.3, -0.25) is 9.98 Å². The number of halogens is 3. The van der Waals surface area contributed by atoms with Crippen LogP contribution in [-0.4, -0.2) is 49.2 Å². The molecular formula is C16H18F3N3O2S. The molecule has 0 amide bonds. The molecule has 3 rings (SSSR count). The molecule has 0 unspecified atom stereocenters. The summed E-state index contributed by atoms with van der Waals surface area (Å²) in [6, 6.07) is 5.03. The molecule has 1 saturated heterocycles. The van der Waals surface area contributed by atoms with Crippen LogP contribution in [-0.2, 0) is 16.2 Å². The summed E-state index contributed by atoms with van der Waals surface area (Å²) in [5.74, 6) is 0. The highest BCUT2D eigenvalue weighted by Gasteiger charge is 2.40. The Morgan fingerprint density at radius 3 is 2.36 bits per heavy atom. The van der Waals surface area contributed by atoms with E-state index in [1.165, 1.54) is 10.4 Å². The quantitative estimate of drug-likeness (QED) is 0.800. The molecule has 1 aromatic carbocycles. The first-order valence-corrected chi connectivity index (χ1v) is 9.64. The van der Waals surface area contributed by atoms with E-state index in [1.54, 1.807) is 13.0 Å². The van der Waals surface area contributed by atoms with Gasteiger partial charge in [0.1, 0.15) is 0 Å². The molecule has 25 heavy (non-hydrogen) atoms.